The van der Waals surface area contributed by atoms with Crippen molar-refractivity contribution in [1.82, 2.24) is 15.1 Å². The average molecular weight is 265 g/mol. The smallest absolute Gasteiger partial charge is 0.120 e. The number of hydrogen-bond acceptors (Lipinski definition) is 4. The highest BCUT2D eigenvalue weighted by Crippen LogP contribution is 2.23. The van der Waals surface area contributed by atoms with Crippen LogP contribution < -0.4 is 5.32 Å². The fourth-order valence-corrected chi connectivity index (χ4v) is 2.94. The molecular formula is C15H27N3O. The molecule has 0 spiro atoms. The zero-order valence-corrected chi connectivity index (χ0v) is 12.7. The van der Waals surface area contributed by atoms with Gasteiger partial charge in [0.1, 0.15) is 11.5 Å². The van der Waals surface area contributed by atoms with Gasteiger partial charge < -0.3 is 14.6 Å². The fraction of sp³-hybridized carbons (Fsp3) is 0.733. The maximum atomic E-state index is 5.95. The largest absolute Gasteiger partial charge is 0.463 e. The molecule has 1 atom stereocenters. The highest BCUT2D eigenvalue weighted by Gasteiger charge is 2.25. The van der Waals surface area contributed by atoms with Crippen LogP contribution in [0.2, 0.25) is 0 Å². The quantitative estimate of drug-likeness (QED) is 0.850. The molecule has 0 saturated carbocycles. The maximum absolute atomic E-state index is 5.95. The van der Waals surface area contributed by atoms with Gasteiger partial charge in [-0.05, 0) is 59.1 Å². The van der Waals surface area contributed by atoms with Crippen molar-refractivity contribution in [3.63, 3.8) is 0 Å². The number of nitrogens with one attached hydrogen (secondary N) is 1. The van der Waals surface area contributed by atoms with Crippen molar-refractivity contribution in [1.29, 1.82) is 0 Å². The minimum absolute atomic E-state index is 0.674. The summed E-state index contributed by atoms with van der Waals surface area (Å²) in [6.45, 7) is 6.22. The summed E-state index contributed by atoms with van der Waals surface area (Å²) in [5, 5.41) is 3.15. The highest BCUT2D eigenvalue weighted by molar-refractivity contribution is 5.20. The highest BCUT2D eigenvalue weighted by atomic mass is 16.3. The number of likely N-dealkylation sites (tertiary alicyclic amines) is 1. The van der Waals surface area contributed by atoms with E-state index in [1.165, 1.54) is 24.9 Å². The molecule has 108 valence electrons. The molecule has 19 heavy (non-hydrogen) atoms. The monoisotopic (exact) mass is 265 g/mol. The molecule has 4 nitrogen and oxygen atoms in total. The summed E-state index contributed by atoms with van der Waals surface area (Å²) in [6, 6.07) is 2.87. The van der Waals surface area contributed by atoms with Crippen LogP contribution in [-0.4, -0.2) is 50.1 Å². The van der Waals surface area contributed by atoms with Gasteiger partial charge in [0.25, 0.3) is 0 Å². The summed E-state index contributed by atoms with van der Waals surface area (Å²) in [5.41, 5.74) is 1.26. The topological polar surface area (TPSA) is 31.7 Å². The Balaban J connectivity index is 1.97. The van der Waals surface area contributed by atoms with Gasteiger partial charge in [0.15, 0.2) is 0 Å². The summed E-state index contributed by atoms with van der Waals surface area (Å²) in [4.78, 5) is 4.84. The molecule has 1 unspecified atom stereocenters. The Morgan fingerprint density at radius 2 is 2.26 bits per heavy atom. The van der Waals surface area contributed by atoms with Crippen molar-refractivity contribution in [2.24, 2.45) is 0 Å². The van der Waals surface area contributed by atoms with E-state index in [2.05, 4.69) is 42.2 Å². The normalized spacial score (nSPS) is 20.6. The number of rotatable bonds is 6. The molecule has 0 bridgehead atoms. The summed E-state index contributed by atoms with van der Waals surface area (Å²) < 4.78 is 5.95. The van der Waals surface area contributed by atoms with E-state index in [0.717, 1.165) is 31.2 Å². The van der Waals surface area contributed by atoms with Crippen molar-refractivity contribution < 1.29 is 4.42 Å². The minimum atomic E-state index is 0.674. The average Bonchev–Trinajstić information content (AvgIpc) is 2.88. The van der Waals surface area contributed by atoms with Crippen LogP contribution in [-0.2, 0) is 13.1 Å². The number of furan rings is 1. The van der Waals surface area contributed by atoms with Gasteiger partial charge in [-0.2, -0.15) is 0 Å². The summed E-state index contributed by atoms with van der Waals surface area (Å²) in [5.74, 6) is 2.18. The summed E-state index contributed by atoms with van der Waals surface area (Å²) in [7, 11) is 6.26. The van der Waals surface area contributed by atoms with Gasteiger partial charge in [0, 0.05) is 12.6 Å². The molecule has 0 radical (unpaired) electrons. The standard InChI is InChI=1S/C15H27N3O/c1-12-8-14(19-15(12)9-16-2)11-18-7-5-6-13(18)10-17(3)4/h8,13,16H,5-7,9-11H2,1-4H3. The van der Waals surface area contributed by atoms with Crippen molar-refractivity contribution in [3.8, 4) is 0 Å². The predicted molar refractivity (Wildman–Crippen MR) is 78.2 cm³/mol. The minimum Gasteiger partial charge on any atom is -0.463 e. The van der Waals surface area contributed by atoms with Gasteiger partial charge in [0.05, 0.1) is 13.1 Å². The fourth-order valence-electron chi connectivity index (χ4n) is 2.94. The van der Waals surface area contributed by atoms with Gasteiger partial charge in [-0.25, -0.2) is 0 Å². The molecule has 1 aromatic heterocycles. The van der Waals surface area contributed by atoms with E-state index < -0.39 is 0 Å². The first-order valence-electron chi connectivity index (χ1n) is 7.21. The lowest BCUT2D eigenvalue weighted by Crippen LogP contribution is -2.36. The second kappa shape index (κ2) is 6.55. The molecule has 1 N–H and O–H groups in total. The van der Waals surface area contributed by atoms with Crippen molar-refractivity contribution in [3.05, 3.63) is 23.2 Å². The predicted octanol–water partition coefficient (Wildman–Crippen LogP) is 1.83. The second-order valence-electron chi connectivity index (χ2n) is 5.88. The molecule has 1 aromatic rings. The van der Waals surface area contributed by atoms with Crippen LogP contribution in [0.1, 0.15) is 29.9 Å². The van der Waals surface area contributed by atoms with Crippen LogP contribution in [0.5, 0.6) is 0 Å². The first-order valence-corrected chi connectivity index (χ1v) is 7.21. The molecular weight excluding hydrogens is 238 g/mol. The van der Waals surface area contributed by atoms with Crippen LogP contribution in [0.4, 0.5) is 0 Å². The molecule has 0 amide bonds. The Morgan fingerprint density at radius 3 is 2.95 bits per heavy atom. The van der Waals surface area contributed by atoms with Crippen LogP contribution >= 0.6 is 0 Å². The number of likely N-dealkylation sites (N-methyl/N-ethyl adjacent to an activating group) is 1. The van der Waals surface area contributed by atoms with Gasteiger partial charge in [0.2, 0.25) is 0 Å². The first-order chi connectivity index (χ1) is 9.10. The van der Waals surface area contributed by atoms with Crippen molar-refractivity contribution in [2.75, 3.05) is 34.2 Å². The SMILES string of the molecule is CNCc1oc(CN2CCCC2CN(C)C)cc1C. The Labute approximate surface area is 116 Å². The first kappa shape index (κ1) is 14.6. The molecule has 1 fully saturated rings. The lowest BCUT2D eigenvalue weighted by Gasteiger charge is -2.26. The Kier molecular flexibility index (Phi) is 5.02. The summed E-state index contributed by atoms with van der Waals surface area (Å²) >= 11 is 0. The summed E-state index contributed by atoms with van der Waals surface area (Å²) in [6.07, 6.45) is 2.61. The van der Waals surface area contributed by atoms with Gasteiger partial charge in [-0.3, -0.25) is 4.90 Å². The van der Waals surface area contributed by atoms with E-state index in [-0.39, 0.29) is 0 Å². The lowest BCUT2D eigenvalue weighted by molar-refractivity contribution is 0.187. The Bertz CT molecular complexity index is 400. The van der Waals surface area contributed by atoms with Crippen molar-refractivity contribution in [2.45, 2.75) is 38.9 Å². The van der Waals surface area contributed by atoms with Crippen LogP contribution in [0.15, 0.2) is 10.5 Å². The van der Waals surface area contributed by atoms with Crippen LogP contribution in [0.25, 0.3) is 0 Å². The second-order valence-corrected chi connectivity index (χ2v) is 5.88. The number of aryl methyl sites for hydroxylation is 1. The molecule has 4 heteroatoms. The zero-order valence-electron chi connectivity index (χ0n) is 12.7. The molecule has 1 aliphatic heterocycles. The van der Waals surface area contributed by atoms with E-state index >= 15 is 0 Å². The Morgan fingerprint density at radius 1 is 1.47 bits per heavy atom. The molecule has 0 aromatic carbocycles. The van der Waals surface area contributed by atoms with E-state index in [9.17, 15) is 0 Å². The molecule has 0 aliphatic carbocycles. The molecule has 1 aliphatic rings. The zero-order chi connectivity index (χ0) is 13.8. The Hall–Kier alpha value is -0.840. The lowest BCUT2D eigenvalue weighted by atomic mass is 10.2. The van der Waals surface area contributed by atoms with Gasteiger partial charge in [-0.15, -0.1) is 0 Å². The van der Waals surface area contributed by atoms with Gasteiger partial charge >= 0.3 is 0 Å². The van der Waals surface area contributed by atoms with E-state index in [4.69, 9.17) is 4.42 Å². The third-order valence-electron chi connectivity index (χ3n) is 3.84. The van der Waals surface area contributed by atoms with Crippen molar-refractivity contribution >= 4 is 0 Å². The third kappa shape index (κ3) is 3.81. The van der Waals surface area contributed by atoms with Gasteiger partial charge in [-0.1, -0.05) is 0 Å². The van der Waals surface area contributed by atoms with Crippen LogP contribution in [0.3, 0.4) is 0 Å². The van der Waals surface area contributed by atoms with E-state index in [1.54, 1.807) is 0 Å². The number of nitrogens with zero attached hydrogens (tertiary/aromatic N) is 2. The number of hydrogen-bond donors (Lipinski definition) is 1. The van der Waals surface area contributed by atoms with E-state index in [0.29, 0.717) is 6.04 Å². The van der Waals surface area contributed by atoms with E-state index in [1.807, 2.05) is 7.05 Å². The maximum Gasteiger partial charge on any atom is 0.120 e. The molecule has 1 saturated heterocycles. The molecule has 2 heterocycles. The third-order valence-corrected chi connectivity index (χ3v) is 3.84. The van der Waals surface area contributed by atoms with Crippen LogP contribution in [0, 0.1) is 6.92 Å². The molecule has 2 rings (SSSR count).